The van der Waals surface area contributed by atoms with E-state index in [0.717, 1.165) is 0 Å². The van der Waals surface area contributed by atoms with E-state index in [1.807, 2.05) is 13.0 Å². The summed E-state index contributed by atoms with van der Waals surface area (Å²) >= 11 is 0. The molecule has 43 heavy (non-hydrogen) atoms. The van der Waals surface area contributed by atoms with Gasteiger partial charge in [-0.05, 0) is 44.0 Å². The molecule has 0 saturated heterocycles. The number of carbonyl (C=O) groups is 2. The minimum Gasteiger partial charge on any atom is -0.501 e. The quantitative estimate of drug-likeness (QED) is 0.265. The van der Waals surface area contributed by atoms with Crippen LogP contribution in [0.3, 0.4) is 0 Å². The fourth-order valence-electron chi connectivity index (χ4n) is 10.1. The molecule has 5 aliphatic carbocycles. The molecule has 1 aromatic carbocycles. The second-order valence-corrected chi connectivity index (χ2v) is 13.2. The molecular weight excluding hydrogens is 556 g/mol. The summed E-state index contributed by atoms with van der Waals surface area (Å²) in [5, 5.41) is 43.9. The number of rotatable bonds is 9. The second kappa shape index (κ2) is 10.3. The third kappa shape index (κ3) is 3.82. The summed E-state index contributed by atoms with van der Waals surface area (Å²) in [5.74, 6) is -1.64. The first-order valence-electron chi connectivity index (χ1n) is 15.2. The minimum atomic E-state index is -1.94. The van der Waals surface area contributed by atoms with E-state index in [1.54, 1.807) is 38.5 Å². The normalized spacial score (nSPS) is 43.9. The van der Waals surface area contributed by atoms with Crippen LogP contribution in [-0.2, 0) is 23.7 Å². The Hall–Kier alpha value is -2.54. The highest BCUT2D eigenvalue weighted by molar-refractivity contribution is 6.00. The molecule has 0 heterocycles. The van der Waals surface area contributed by atoms with Gasteiger partial charge in [0.2, 0.25) is 5.91 Å². The van der Waals surface area contributed by atoms with Gasteiger partial charge in [-0.2, -0.15) is 0 Å². The molecule has 4 fully saturated rings. The largest absolute Gasteiger partial charge is 0.501 e. The molecule has 0 radical (unpaired) electrons. The second-order valence-electron chi connectivity index (χ2n) is 13.2. The van der Waals surface area contributed by atoms with Crippen LogP contribution < -0.4 is 10.6 Å². The Kier molecular flexibility index (Phi) is 7.27. The smallest absolute Gasteiger partial charge is 0.340 e. The van der Waals surface area contributed by atoms with Gasteiger partial charge in [0, 0.05) is 63.7 Å². The monoisotopic (exact) mass is 600 g/mol. The van der Waals surface area contributed by atoms with Gasteiger partial charge in [0.15, 0.2) is 0 Å². The Morgan fingerprint density at radius 1 is 1.05 bits per heavy atom. The summed E-state index contributed by atoms with van der Waals surface area (Å²) in [7, 11) is 4.68. The predicted molar refractivity (Wildman–Crippen MR) is 155 cm³/mol. The number of hydrogen-bond donors (Lipinski definition) is 5. The zero-order valence-corrected chi connectivity index (χ0v) is 25.5. The van der Waals surface area contributed by atoms with Crippen molar-refractivity contribution in [1.82, 2.24) is 5.32 Å². The van der Waals surface area contributed by atoms with E-state index in [9.17, 15) is 24.9 Å². The summed E-state index contributed by atoms with van der Waals surface area (Å²) in [6.07, 6.45) is 1.72. The van der Waals surface area contributed by atoms with Crippen LogP contribution in [-0.4, -0.2) is 96.2 Å². The van der Waals surface area contributed by atoms with E-state index in [2.05, 4.69) is 10.6 Å². The van der Waals surface area contributed by atoms with Crippen molar-refractivity contribution in [3.63, 3.8) is 0 Å². The lowest BCUT2D eigenvalue weighted by molar-refractivity contribution is -0.334. The van der Waals surface area contributed by atoms with Crippen LogP contribution in [0.4, 0.5) is 5.69 Å². The number of fused-ring (bicyclic) bond motifs is 3. The molecule has 5 aliphatic rings. The van der Waals surface area contributed by atoms with Crippen molar-refractivity contribution >= 4 is 17.6 Å². The van der Waals surface area contributed by atoms with Crippen molar-refractivity contribution in [2.75, 3.05) is 39.7 Å². The van der Waals surface area contributed by atoms with Gasteiger partial charge in [0.1, 0.15) is 16.8 Å². The molecule has 4 saturated carbocycles. The maximum Gasteiger partial charge on any atom is 0.340 e. The molecule has 1 aromatic rings. The Labute approximate surface area is 251 Å². The molecule has 5 N–H and O–H groups in total. The third-order valence-corrected chi connectivity index (χ3v) is 11.6. The van der Waals surface area contributed by atoms with Crippen LogP contribution >= 0.6 is 0 Å². The number of para-hydroxylation sites is 1. The lowest BCUT2D eigenvalue weighted by atomic mass is 9.48. The Balaban J connectivity index is 1.51. The Bertz CT molecular complexity index is 1340. The number of aliphatic hydroxyl groups is 3. The van der Waals surface area contributed by atoms with Gasteiger partial charge in [-0.25, -0.2) is 4.79 Å². The van der Waals surface area contributed by atoms with Gasteiger partial charge >= 0.3 is 5.97 Å². The Morgan fingerprint density at radius 2 is 1.79 bits per heavy atom. The number of hydrogen-bond acceptors (Lipinski definition) is 10. The van der Waals surface area contributed by atoms with Gasteiger partial charge < -0.3 is 44.9 Å². The van der Waals surface area contributed by atoms with Crippen LogP contribution in [0.25, 0.3) is 0 Å². The summed E-state index contributed by atoms with van der Waals surface area (Å²) in [5.41, 5.74) is -7.09. The lowest BCUT2D eigenvalue weighted by Crippen LogP contribution is -2.79. The summed E-state index contributed by atoms with van der Waals surface area (Å²) in [6.45, 7) is 4.21. The van der Waals surface area contributed by atoms with Crippen LogP contribution in [0.2, 0.25) is 0 Å². The molecule has 11 heteroatoms. The van der Waals surface area contributed by atoms with Crippen molar-refractivity contribution in [3.8, 4) is 0 Å². The van der Waals surface area contributed by atoms with Crippen LogP contribution in [0.15, 0.2) is 36.1 Å². The zero-order valence-electron chi connectivity index (χ0n) is 25.5. The number of carbonyl (C=O) groups excluding carboxylic acids is 2. The van der Waals surface area contributed by atoms with Crippen molar-refractivity contribution in [2.24, 2.45) is 23.2 Å². The maximum absolute atomic E-state index is 14.0. The first-order valence-corrected chi connectivity index (χ1v) is 15.2. The van der Waals surface area contributed by atoms with Gasteiger partial charge in [0.05, 0.1) is 41.9 Å². The van der Waals surface area contributed by atoms with E-state index in [0.29, 0.717) is 30.8 Å². The van der Waals surface area contributed by atoms with Gasteiger partial charge in [-0.1, -0.05) is 19.1 Å². The van der Waals surface area contributed by atoms with Crippen molar-refractivity contribution in [1.29, 1.82) is 0 Å². The highest BCUT2D eigenvalue weighted by atomic mass is 16.6. The standard InChI is InChI=1S/C32H44N2O9/c1-6-33-17-28(43-27(36)19-9-7-8-10-21(19)34-18(2)35)12-11-25(41-4)30-16-29(37,15-24(28)30)31(38)14-22(40-3)20-13-23(30)32(31,39)26(20)42-5/h7-11,20,22-24,26,33,37-39H,6,12-17H2,1-5H3,(H,34,35)/t20?,22-,23-,24+,26-,28+,29?,30?,31-,32-/m0/s1. The molecular formula is C32H44N2O9. The highest BCUT2D eigenvalue weighted by Gasteiger charge is 2.88. The fraction of sp³-hybridized carbons (Fsp3) is 0.688. The Morgan fingerprint density at radius 3 is 2.44 bits per heavy atom. The number of allylic oxidation sites excluding steroid dienone is 1. The van der Waals surface area contributed by atoms with E-state index in [4.69, 9.17) is 18.9 Å². The van der Waals surface area contributed by atoms with Gasteiger partial charge in [-0.3, -0.25) is 4.79 Å². The van der Waals surface area contributed by atoms with Crippen molar-refractivity contribution in [3.05, 3.63) is 41.7 Å². The first-order chi connectivity index (χ1) is 20.4. The number of nitrogens with one attached hydrogen (secondary N) is 2. The van der Waals surface area contributed by atoms with E-state index < -0.39 is 57.8 Å². The molecule has 236 valence electrons. The van der Waals surface area contributed by atoms with Crippen LogP contribution in [0.1, 0.15) is 56.3 Å². The summed E-state index contributed by atoms with van der Waals surface area (Å²) < 4.78 is 24.4. The summed E-state index contributed by atoms with van der Waals surface area (Å²) in [4.78, 5) is 25.9. The molecule has 3 unspecified atom stereocenters. The van der Waals surface area contributed by atoms with Gasteiger partial charge in [0.25, 0.3) is 0 Å². The predicted octanol–water partition coefficient (Wildman–Crippen LogP) is 1.76. The molecule has 1 spiro atoms. The number of esters is 1. The van der Waals surface area contributed by atoms with Crippen LogP contribution in [0, 0.1) is 23.2 Å². The topological polar surface area (TPSA) is 156 Å². The fourth-order valence-corrected chi connectivity index (χ4v) is 10.1. The number of anilines is 1. The maximum atomic E-state index is 14.0. The minimum absolute atomic E-state index is 0.0520. The molecule has 0 aliphatic heterocycles. The molecule has 4 bridgehead atoms. The highest BCUT2D eigenvalue weighted by Crippen LogP contribution is 2.78. The van der Waals surface area contributed by atoms with E-state index >= 15 is 0 Å². The SMILES string of the molecule is CCNC[C@]1(OC(=O)c2ccccc2NC(C)=O)CC=C(OC)C23CC(O)(C[C@@H]21)[C@@]1(O)C[C@H](OC)C2C[C@@H]3[C@]1(O)[C@H]2OC. The van der Waals surface area contributed by atoms with Crippen molar-refractivity contribution in [2.45, 2.75) is 80.6 Å². The lowest BCUT2D eigenvalue weighted by Gasteiger charge is -2.63. The number of methoxy groups -OCH3 is 3. The molecule has 11 nitrogen and oxygen atoms in total. The molecule has 1 amide bonds. The number of likely N-dealkylation sites (N-methyl/N-ethyl adjacent to an activating group) is 1. The van der Waals surface area contributed by atoms with Crippen LogP contribution in [0.5, 0.6) is 0 Å². The number of amides is 1. The molecule has 0 aromatic heterocycles. The molecule has 10 atom stereocenters. The van der Waals surface area contributed by atoms with Gasteiger partial charge in [-0.15, -0.1) is 0 Å². The van der Waals surface area contributed by atoms with E-state index in [-0.39, 0.29) is 43.2 Å². The number of ether oxygens (including phenoxy) is 4. The molecule has 6 rings (SSSR count). The number of benzene rings is 1. The van der Waals surface area contributed by atoms with E-state index in [1.165, 1.54) is 14.0 Å². The average Bonchev–Trinajstić information content (AvgIpc) is 3.45. The summed E-state index contributed by atoms with van der Waals surface area (Å²) in [6, 6.07) is 6.69. The zero-order chi connectivity index (χ0) is 31.0. The average molecular weight is 601 g/mol. The van der Waals surface area contributed by atoms with Crippen molar-refractivity contribution < 1.29 is 43.9 Å². The first kappa shape index (κ1) is 30.5. The third-order valence-electron chi connectivity index (χ3n) is 11.6.